The summed E-state index contributed by atoms with van der Waals surface area (Å²) in [4.78, 5) is 38.3. The lowest BCUT2D eigenvalue weighted by atomic mass is 10.0. The van der Waals surface area contributed by atoms with Crippen molar-refractivity contribution < 1.29 is 14.1 Å². The van der Waals surface area contributed by atoms with Gasteiger partial charge in [-0.25, -0.2) is 4.98 Å². The van der Waals surface area contributed by atoms with Crippen LogP contribution in [0, 0.1) is 0 Å². The van der Waals surface area contributed by atoms with Gasteiger partial charge in [0.1, 0.15) is 0 Å². The van der Waals surface area contributed by atoms with Gasteiger partial charge in [0, 0.05) is 46.8 Å². The number of rotatable bonds is 6. The predicted molar refractivity (Wildman–Crippen MR) is 134 cm³/mol. The van der Waals surface area contributed by atoms with Gasteiger partial charge in [-0.15, -0.1) is 0 Å². The molecule has 0 aliphatic heterocycles. The highest BCUT2D eigenvalue weighted by Gasteiger charge is 2.16. The van der Waals surface area contributed by atoms with Gasteiger partial charge < -0.3 is 4.52 Å². The normalized spacial score (nSPS) is 10.8. The molecular formula is C26H19ClN6O3. The largest absolute Gasteiger partial charge is 0.339 e. The molecule has 3 heterocycles. The molecule has 5 aromatic rings. The summed E-state index contributed by atoms with van der Waals surface area (Å²) in [6.45, 7) is 0. The standard InChI is InChI=1S/C26H19ClN6O3/c27-18-7-5-16(6-8-18)22-15-20(19-3-1-2-4-21(19)29-22)26(35)32-31-23(34)9-10-24-30-25(33-36-24)17-11-13-28-14-12-17/h1-8,11-15H,9-10H2,(H,31,34)(H,32,35). The summed E-state index contributed by atoms with van der Waals surface area (Å²) in [6.07, 6.45) is 3.53. The highest BCUT2D eigenvalue weighted by atomic mass is 35.5. The van der Waals surface area contributed by atoms with Crippen molar-refractivity contribution in [2.24, 2.45) is 0 Å². The summed E-state index contributed by atoms with van der Waals surface area (Å²) in [5.41, 5.74) is 8.16. The maximum Gasteiger partial charge on any atom is 0.270 e. The van der Waals surface area contributed by atoms with Crippen LogP contribution in [0.1, 0.15) is 22.7 Å². The zero-order chi connectivity index (χ0) is 24.9. The molecule has 10 heteroatoms. The minimum Gasteiger partial charge on any atom is -0.339 e. The van der Waals surface area contributed by atoms with E-state index < -0.39 is 11.8 Å². The number of pyridine rings is 2. The van der Waals surface area contributed by atoms with Crippen molar-refractivity contribution in [1.29, 1.82) is 0 Å². The number of amides is 2. The first kappa shape index (κ1) is 23.1. The zero-order valence-corrected chi connectivity index (χ0v) is 19.6. The van der Waals surface area contributed by atoms with Crippen LogP contribution in [-0.2, 0) is 11.2 Å². The number of aryl methyl sites for hydroxylation is 1. The van der Waals surface area contributed by atoms with Crippen LogP contribution in [0.4, 0.5) is 0 Å². The maximum atomic E-state index is 13.0. The van der Waals surface area contributed by atoms with Gasteiger partial charge in [-0.2, -0.15) is 4.98 Å². The van der Waals surface area contributed by atoms with E-state index in [-0.39, 0.29) is 12.8 Å². The minimum atomic E-state index is -0.463. The molecule has 0 spiro atoms. The first-order valence-corrected chi connectivity index (χ1v) is 11.4. The number of fused-ring (bicyclic) bond motifs is 1. The van der Waals surface area contributed by atoms with Crippen LogP contribution in [0.2, 0.25) is 5.02 Å². The Hall–Kier alpha value is -4.63. The van der Waals surface area contributed by atoms with Gasteiger partial charge in [-0.05, 0) is 36.4 Å². The zero-order valence-electron chi connectivity index (χ0n) is 18.8. The van der Waals surface area contributed by atoms with Gasteiger partial charge in [0.05, 0.1) is 16.8 Å². The first-order valence-electron chi connectivity index (χ1n) is 11.0. The van der Waals surface area contributed by atoms with Crippen LogP contribution < -0.4 is 10.9 Å². The third kappa shape index (κ3) is 5.21. The van der Waals surface area contributed by atoms with Crippen molar-refractivity contribution in [3.63, 3.8) is 0 Å². The molecule has 0 saturated carbocycles. The van der Waals surface area contributed by atoms with Crippen LogP contribution in [0.3, 0.4) is 0 Å². The summed E-state index contributed by atoms with van der Waals surface area (Å²) >= 11 is 6.00. The Kier molecular flexibility index (Phi) is 6.63. The van der Waals surface area contributed by atoms with Crippen LogP contribution >= 0.6 is 11.6 Å². The quantitative estimate of drug-likeness (QED) is 0.333. The fourth-order valence-corrected chi connectivity index (χ4v) is 3.71. The topological polar surface area (TPSA) is 123 Å². The molecule has 0 saturated heterocycles. The molecule has 2 N–H and O–H groups in total. The fourth-order valence-electron chi connectivity index (χ4n) is 3.58. The predicted octanol–water partition coefficient (Wildman–Crippen LogP) is 4.39. The molecule has 0 unspecified atom stereocenters. The molecule has 0 fully saturated rings. The molecule has 0 bridgehead atoms. The summed E-state index contributed by atoms with van der Waals surface area (Å²) in [6, 6.07) is 19.7. The second-order valence-electron chi connectivity index (χ2n) is 7.83. The van der Waals surface area contributed by atoms with Crippen LogP contribution in [-0.4, -0.2) is 31.9 Å². The monoisotopic (exact) mass is 498 g/mol. The average molecular weight is 499 g/mol. The second kappa shape index (κ2) is 10.3. The summed E-state index contributed by atoms with van der Waals surface area (Å²) in [5, 5.41) is 5.19. The molecule has 2 aromatic carbocycles. The molecule has 9 nitrogen and oxygen atoms in total. The van der Waals surface area contributed by atoms with Gasteiger partial charge >= 0.3 is 0 Å². The summed E-state index contributed by atoms with van der Waals surface area (Å²) in [7, 11) is 0. The maximum absolute atomic E-state index is 13.0. The van der Waals surface area contributed by atoms with E-state index in [9.17, 15) is 9.59 Å². The molecular weight excluding hydrogens is 480 g/mol. The number of para-hydroxylation sites is 1. The summed E-state index contributed by atoms with van der Waals surface area (Å²) < 4.78 is 5.21. The lowest BCUT2D eigenvalue weighted by Gasteiger charge is -2.11. The van der Waals surface area contributed by atoms with E-state index in [0.29, 0.717) is 38.9 Å². The Morgan fingerprint density at radius 1 is 0.889 bits per heavy atom. The van der Waals surface area contributed by atoms with Crippen molar-refractivity contribution in [3.05, 3.63) is 95.6 Å². The minimum absolute atomic E-state index is 0.0470. The smallest absolute Gasteiger partial charge is 0.270 e. The van der Waals surface area contributed by atoms with Crippen molar-refractivity contribution in [2.45, 2.75) is 12.8 Å². The number of hydrazine groups is 1. The fraction of sp³-hybridized carbons (Fsp3) is 0.0769. The third-order valence-electron chi connectivity index (χ3n) is 5.39. The van der Waals surface area contributed by atoms with Crippen LogP contribution in [0.15, 0.2) is 83.6 Å². The highest BCUT2D eigenvalue weighted by molar-refractivity contribution is 6.30. The van der Waals surface area contributed by atoms with Gasteiger partial charge in [0.2, 0.25) is 17.6 Å². The molecule has 178 valence electrons. The Bertz CT molecular complexity index is 1540. The Morgan fingerprint density at radius 3 is 2.47 bits per heavy atom. The van der Waals surface area contributed by atoms with E-state index in [2.05, 4.69) is 31.0 Å². The number of aromatic nitrogens is 4. The van der Waals surface area contributed by atoms with E-state index in [1.165, 1.54) is 0 Å². The van der Waals surface area contributed by atoms with E-state index in [0.717, 1.165) is 11.1 Å². The van der Waals surface area contributed by atoms with E-state index in [1.807, 2.05) is 30.3 Å². The Morgan fingerprint density at radius 2 is 1.67 bits per heavy atom. The SMILES string of the molecule is O=C(CCc1nc(-c2ccncc2)no1)NNC(=O)c1cc(-c2ccc(Cl)cc2)nc2ccccc12. The van der Waals surface area contributed by atoms with Crippen LogP contribution in [0.5, 0.6) is 0 Å². The molecule has 2 amide bonds. The molecule has 3 aromatic heterocycles. The van der Waals surface area contributed by atoms with E-state index in [1.54, 1.807) is 48.8 Å². The van der Waals surface area contributed by atoms with Crippen molar-refractivity contribution in [3.8, 4) is 22.6 Å². The van der Waals surface area contributed by atoms with Crippen LogP contribution in [0.25, 0.3) is 33.5 Å². The lowest BCUT2D eigenvalue weighted by molar-refractivity contribution is -0.121. The lowest BCUT2D eigenvalue weighted by Crippen LogP contribution is -2.41. The Balaban J connectivity index is 1.25. The number of hydrogen-bond donors (Lipinski definition) is 2. The molecule has 0 aliphatic rings. The van der Waals surface area contributed by atoms with Gasteiger partial charge in [0.25, 0.3) is 5.91 Å². The number of nitrogens with one attached hydrogen (secondary N) is 2. The summed E-state index contributed by atoms with van der Waals surface area (Å²) in [5.74, 6) is -0.128. The molecule has 5 rings (SSSR count). The van der Waals surface area contributed by atoms with Crippen molar-refractivity contribution in [2.75, 3.05) is 0 Å². The number of nitrogens with zero attached hydrogens (tertiary/aromatic N) is 4. The number of carbonyl (C=O) groups is 2. The number of benzene rings is 2. The highest BCUT2D eigenvalue weighted by Crippen LogP contribution is 2.26. The van der Waals surface area contributed by atoms with Gasteiger partial charge in [-0.3, -0.25) is 25.4 Å². The average Bonchev–Trinajstić information content (AvgIpc) is 3.40. The number of hydrogen-bond acceptors (Lipinski definition) is 7. The van der Waals surface area contributed by atoms with Crippen molar-refractivity contribution >= 4 is 34.3 Å². The van der Waals surface area contributed by atoms with Crippen molar-refractivity contribution in [1.82, 2.24) is 31.0 Å². The van der Waals surface area contributed by atoms with E-state index >= 15 is 0 Å². The second-order valence-corrected chi connectivity index (χ2v) is 8.27. The number of halogens is 1. The third-order valence-corrected chi connectivity index (χ3v) is 5.64. The molecule has 0 atom stereocenters. The van der Waals surface area contributed by atoms with E-state index in [4.69, 9.17) is 16.1 Å². The first-order chi connectivity index (χ1) is 17.6. The molecule has 0 aliphatic carbocycles. The Labute approximate surface area is 210 Å². The molecule has 0 radical (unpaired) electrons. The molecule has 36 heavy (non-hydrogen) atoms. The van der Waals surface area contributed by atoms with Gasteiger partial charge in [-0.1, -0.05) is 47.1 Å². The van der Waals surface area contributed by atoms with Gasteiger partial charge in [0.15, 0.2) is 0 Å². The number of carbonyl (C=O) groups excluding carboxylic acids is 2.